The molecule has 0 atom stereocenters. The molecule has 0 amide bonds. The lowest BCUT2D eigenvalue weighted by Gasteiger charge is -1.98. The van der Waals surface area contributed by atoms with Gasteiger partial charge in [-0.25, -0.2) is 9.07 Å². The van der Waals surface area contributed by atoms with Gasteiger partial charge in [-0.1, -0.05) is 18.2 Å². The monoisotopic (exact) mass is 218 g/mol. The fourth-order valence-corrected chi connectivity index (χ4v) is 1.37. The summed E-state index contributed by atoms with van der Waals surface area (Å²) >= 11 is 0. The summed E-state index contributed by atoms with van der Waals surface area (Å²) in [5.41, 5.74) is 1.23. The zero-order valence-electron chi connectivity index (χ0n) is 8.55. The molecule has 0 fully saturated rings. The van der Waals surface area contributed by atoms with Gasteiger partial charge in [-0.2, -0.15) is 5.10 Å². The van der Waals surface area contributed by atoms with E-state index in [-0.39, 0.29) is 6.61 Å². The average Bonchev–Trinajstić information content (AvgIpc) is 2.80. The Morgan fingerprint density at radius 3 is 2.81 bits per heavy atom. The maximum Gasteiger partial charge on any atom is 0.131 e. The molecular formula is C12H11FN2O. The molecule has 0 radical (unpaired) electrons. The third-order valence-corrected chi connectivity index (χ3v) is 2.15. The van der Waals surface area contributed by atoms with Crippen LogP contribution in [0.5, 0.6) is 0 Å². The van der Waals surface area contributed by atoms with E-state index in [1.54, 1.807) is 10.9 Å². The molecule has 1 N–H and O–H groups in total. The van der Waals surface area contributed by atoms with Gasteiger partial charge in [0.25, 0.3) is 0 Å². The number of aliphatic hydroxyl groups excluding tert-OH is 1. The molecule has 0 aliphatic carbocycles. The van der Waals surface area contributed by atoms with Gasteiger partial charge in [0.05, 0.1) is 18.5 Å². The Hall–Kier alpha value is -1.94. The fraction of sp³-hybridized carbons (Fsp3) is 0.0833. The van der Waals surface area contributed by atoms with Crippen LogP contribution in [0.1, 0.15) is 5.56 Å². The van der Waals surface area contributed by atoms with Crippen molar-refractivity contribution in [2.45, 2.75) is 0 Å². The predicted molar refractivity (Wildman–Crippen MR) is 59.7 cm³/mol. The van der Waals surface area contributed by atoms with E-state index in [9.17, 15) is 4.39 Å². The largest absolute Gasteiger partial charge is 0.392 e. The summed E-state index contributed by atoms with van der Waals surface area (Å²) < 4.78 is 14.9. The number of rotatable bonds is 3. The van der Waals surface area contributed by atoms with Crippen molar-refractivity contribution in [2.75, 3.05) is 6.61 Å². The molecule has 1 aromatic carbocycles. The van der Waals surface area contributed by atoms with Gasteiger partial charge in [0.2, 0.25) is 0 Å². The first-order valence-corrected chi connectivity index (χ1v) is 4.88. The van der Waals surface area contributed by atoms with E-state index >= 15 is 0 Å². The van der Waals surface area contributed by atoms with Crippen molar-refractivity contribution in [1.82, 2.24) is 9.78 Å². The summed E-state index contributed by atoms with van der Waals surface area (Å²) in [6.45, 7) is -0.317. The van der Waals surface area contributed by atoms with Crippen LogP contribution in [-0.4, -0.2) is 21.5 Å². The van der Waals surface area contributed by atoms with E-state index in [2.05, 4.69) is 5.10 Å². The normalized spacial score (nSPS) is 11.8. The summed E-state index contributed by atoms with van der Waals surface area (Å²) in [6, 6.07) is 9.43. The molecule has 0 aliphatic rings. The van der Waals surface area contributed by atoms with Gasteiger partial charge < -0.3 is 5.11 Å². The number of halogens is 1. The Bertz CT molecular complexity index is 491. The standard InChI is InChI=1S/C12H11FN2O/c13-12(6-7-16)10-8-14-15(9-10)11-4-2-1-3-5-11/h1-6,8-9,16H,7H2. The molecule has 0 bridgehead atoms. The van der Waals surface area contributed by atoms with Crippen molar-refractivity contribution in [3.05, 3.63) is 54.4 Å². The number of benzene rings is 1. The lowest BCUT2D eigenvalue weighted by molar-refractivity contribution is 0.342. The molecule has 0 saturated heterocycles. The number of hydrogen-bond donors (Lipinski definition) is 1. The number of nitrogens with zero attached hydrogens (tertiary/aromatic N) is 2. The molecule has 0 aliphatic heterocycles. The van der Waals surface area contributed by atoms with E-state index in [0.29, 0.717) is 5.56 Å². The van der Waals surface area contributed by atoms with Crippen LogP contribution in [0.25, 0.3) is 11.5 Å². The molecule has 1 aromatic heterocycles. The van der Waals surface area contributed by atoms with Gasteiger partial charge in [0, 0.05) is 11.8 Å². The van der Waals surface area contributed by atoms with Crippen molar-refractivity contribution >= 4 is 5.83 Å². The van der Waals surface area contributed by atoms with Gasteiger partial charge in [-0.05, 0) is 18.2 Å². The fourth-order valence-electron chi connectivity index (χ4n) is 1.37. The maximum absolute atomic E-state index is 13.3. The summed E-state index contributed by atoms with van der Waals surface area (Å²) in [4.78, 5) is 0. The molecule has 0 spiro atoms. The maximum atomic E-state index is 13.3. The first-order chi connectivity index (χ1) is 7.81. The Kier molecular flexibility index (Phi) is 3.12. The number of aliphatic hydroxyl groups is 1. The van der Waals surface area contributed by atoms with Crippen LogP contribution < -0.4 is 0 Å². The number of hydrogen-bond acceptors (Lipinski definition) is 2. The lowest BCUT2D eigenvalue weighted by atomic mass is 10.3. The highest BCUT2D eigenvalue weighted by Gasteiger charge is 2.04. The Balaban J connectivity index is 2.30. The van der Waals surface area contributed by atoms with Crippen molar-refractivity contribution in [1.29, 1.82) is 0 Å². The molecule has 82 valence electrons. The van der Waals surface area contributed by atoms with Gasteiger partial charge >= 0.3 is 0 Å². The third kappa shape index (κ3) is 2.17. The molecule has 2 aromatic rings. The Morgan fingerprint density at radius 2 is 2.12 bits per heavy atom. The van der Waals surface area contributed by atoms with Crippen molar-refractivity contribution in [3.8, 4) is 5.69 Å². The average molecular weight is 218 g/mol. The molecule has 16 heavy (non-hydrogen) atoms. The minimum atomic E-state index is -0.468. The summed E-state index contributed by atoms with van der Waals surface area (Å²) in [5.74, 6) is -0.468. The lowest BCUT2D eigenvalue weighted by Crippen LogP contribution is -1.92. The first kappa shape index (κ1) is 10.6. The third-order valence-electron chi connectivity index (χ3n) is 2.15. The Labute approximate surface area is 92.5 Å². The molecular weight excluding hydrogens is 207 g/mol. The van der Waals surface area contributed by atoms with Gasteiger partial charge in [-0.15, -0.1) is 0 Å². The van der Waals surface area contributed by atoms with Crippen molar-refractivity contribution < 1.29 is 9.50 Å². The smallest absolute Gasteiger partial charge is 0.131 e. The van der Waals surface area contributed by atoms with Gasteiger partial charge in [0.15, 0.2) is 0 Å². The van der Waals surface area contributed by atoms with Crippen LogP contribution in [0.15, 0.2) is 48.8 Å². The molecule has 3 nitrogen and oxygen atoms in total. The minimum Gasteiger partial charge on any atom is -0.392 e. The summed E-state index contributed by atoms with van der Waals surface area (Å²) in [6.07, 6.45) is 4.11. The van der Waals surface area contributed by atoms with Crippen LogP contribution >= 0.6 is 0 Å². The summed E-state index contributed by atoms with van der Waals surface area (Å²) in [5, 5.41) is 12.6. The van der Waals surface area contributed by atoms with E-state index < -0.39 is 5.83 Å². The molecule has 4 heteroatoms. The molecule has 1 heterocycles. The highest BCUT2D eigenvalue weighted by Crippen LogP contribution is 2.16. The molecule has 2 rings (SSSR count). The van der Waals surface area contributed by atoms with Crippen molar-refractivity contribution in [2.24, 2.45) is 0 Å². The van der Waals surface area contributed by atoms with Crippen LogP contribution in [0.4, 0.5) is 4.39 Å². The van der Waals surface area contributed by atoms with E-state index in [1.165, 1.54) is 6.20 Å². The van der Waals surface area contributed by atoms with Crippen LogP contribution in [0.2, 0.25) is 0 Å². The summed E-state index contributed by atoms with van der Waals surface area (Å²) in [7, 11) is 0. The quantitative estimate of drug-likeness (QED) is 0.857. The minimum absolute atomic E-state index is 0.317. The van der Waals surface area contributed by atoms with Gasteiger partial charge in [-0.3, -0.25) is 0 Å². The molecule has 0 saturated carbocycles. The highest BCUT2D eigenvalue weighted by atomic mass is 19.1. The van der Waals surface area contributed by atoms with E-state index in [1.807, 2.05) is 30.3 Å². The van der Waals surface area contributed by atoms with Gasteiger partial charge in [0.1, 0.15) is 5.83 Å². The number of aromatic nitrogens is 2. The first-order valence-electron chi connectivity index (χ1n) is 4.88. The predicted octanol–water partition coefficient (Wildman–Crippen LogP) is 2.17. The van der Waals surface area contributed by atoms with Crippen LogP contribution in [0, 0.1) is 0 Å². The molecule has 0 unspecified atom stereocenters. The second-order valence-corrected chi connectivity index (χ2v) is 3.24. The zero-order valence-corrected chi connectivity index (χ0v) is 8.55. The van der Waals surface area contributed by atoms with E-state index in [0.717, 1.165) is 11.8 Å². The zero-order chi connectivity index (χ0) is 11.4. The van der Waals surface area contributed by atoms with Crippen LogP contribution in [-0.2, 0) is 0 Å². The Morgan fingerprint density at radius 1 is 1.38 bits per heavy atom. The van der Waals surface area contributed by atoms with E-state index in [4.69, 9.17) is 5.11 Å². The topological polar surface area (TPSA) is 38.1 Å². The second kappa shape index (κ2) is 4.72. The number of para-hydroxylation sites is 1. The van der Waals surface area contributed by atoms with Crippen LogP contribution in [0.3, 0.4) is 0 Å². The highest BCUT2D eigenvalue weighted by molar-refractivity contribution is 5.57. The second-order valence-electron chi connectivity index (χ2n) is 3.24. The SMILES string of the molecule is OCC=C(F)c1cnn(-c2ccccc2)c1. The van der Waals surface area contributed by atoms with Crippen molar-refractivity contribution in [3.63, 3.8) is 0 Å².